The minimum atomic E-state index is -0.0834. The molecule has 94 valence electrons. The SMILES string of the molecule is Cc1cc(C2CCN(C)CC2)nc(C(C)N)n1. The molecule has 0 aromatic carbocycles. The first-order chi connectivity index (χ1) is 8.06. The fraction of sp³-hybridized carbons (Fsp3) is 0.692. The van der Waals surface area contributed by atoms with E-state index >= 15 is 0 Å². The van der Waals surface area contributed by atoms with E-state index in [1.54, 1.807) is 0 Å². The highest BCUT2D eigenvalue weighted by molar-refractivity contribution is 5.16. The van der Waals surface area contributed by atoms with Crippen LogP contribution in [0.25, 0.3) is 0 Å². The average Bonchev–Trinajstić information content (AvgIpc) is 2.29. The second-order valence-electron chi connectivity index (χ2n) is 5.16. The fourth-order valence-corrected chi connectivity index (χ4v) is 2.33. The van der Waals surface area contributed by atoms with Crippen LogP contribution in [0.3, 0.4) is 0 Å². The molecular formula is C13H22N4. The van der Waals surface area contributed by atoms with Crippen LogP contribution in [0.1, 0.15) is 48.9 Å². The Balaban J connectivity index is 2.20. The summed E-state index contributed by atoms with van der Waals surface area (Å²) in [4.78, 5) is 11.4. The highest BCUT2D eigenvalue weighted by atomic mass is 15.1. The van der Waals surface area contributed by atoms with Gasteiger partial charge in [-0.3, -0.25) is 0 Å². The van der Waals surface area contributed by atoms with Gasteiger partial charge in [0, 0.05) is 17.3 Å². The van der Waals surface area contributed by atoms with Crippen LogP contribution in [0.15, 0.2) is 6.07 Å². The Labute approximate surface area is 103 Å². The van der Waals surface area contributed by atoms with E-state index < -0.39 is 0 Å². The summed E-state index contributed by atoms with van der Waals surface area (Å²) in [6, 6.07) is 2.03. The average molecular weight is 234 g/mol. The third-order valence-electron chi connectivity index (χ3n) is 3.44. The Morgan fingerprint density at radius 3 is 2.59 bits per heavy atom. The third-order valence-corrected chi connectivity index (χ3v) is 3.44. The number of likely N-dealkylation sites (tertiary alicyclic amines) is 1. The zero-order valence-electron chi connectivity index (χ0n) is 11.0. The quantitative estimate of drug-likeness (QED) is 0.844. The molecule has 1 aliphatic rings. The topological polar surface area (TPSA) is 55.0 Å². The van der Waals surface area contributed by atoms with Crippen LogP contribution in [-0.2, 0) is 0 Å². The molecule has 0 amide bonds. The molecule has 0 aliphatic carbocycles. The molecule has 0 saturated carbocycles. The van der Waals surface area contributed by atoms with Gasteiger partial charge in [-0.25, -0.2) is 9.97 Å². The zero-order chi connectivity index (χ0) is 12.4. The van der Waals surface area contributed by atoms with Crippen molar-refractivity contribution in [3.05, 3.63) is 23.3 Å². The number of hydrogen-bond acceptors (Lipinski definition) is 4. The van der Waals surface area contributed by atoms with E-state index in [1.165, 1.54) is 18.5 Å². The van der Waals surface area contributed by atoms with Gasteiger partial charge in [-0.1, -0.05) is 0 Å². The van der Waals surface area contributed by atoms with Crippen molar-refractivity contribution in [2.75, 3.05) is 20.1 Å². The smallest absolute Gasteiger partial charge is 0.145 e. The number of nitrogens with two attached hydrogens (primary N) is 1. The van der Waals surface area contributed by atoms with Crippen molar-refractivity contribution < 1.29 is 0 Å². The number of piperidine rings is 1. The Morgan fingerprint density at radius 2 is 2.00 bits per heavy atom. The van der Waals surface area contributed by atoms with Crippen molar-refractivity contribution >= 4 is 0 Å². The second-order valence-corrected chi connectivity index (χ2v) is 5.16. The van der Waals surface area contributed by atoms with Crippen molar-refractivity contribution in [2.24, 2.45) is 5.73 Å². The summed E-state index contributed by atoms with van der Waals surface area (Å²) < 4.78 is 0. The minimum absolute atomic E-state index is 0.0834. The van der Waals surface area contributed by atoms with Crippen LogP contribution in [0.5, 0.6) is 0 Å². The van der Waals surface area contributed by atoms with E-state index in [0.717, 1.165) is 24.6 Å². The number of hydrogen-bond donors (Lipinski definition) is 1. The van der Waals surface area contributed by atoms with Crippen molar-refractivity contribution in [3.63, 3.8) is 0 Å². The summed E-state index contributed by atoms with van der Waals surface area (Å²) in [5, 5.41) is 0. The molecule has 0 spiro atoms. The molecule has 2 heterocycles. The fourth-order valence-electron chi connectivity index (χ4n) is 2.33. The number of aromatic nitrogens is 2. The number of nitrogens with zero attached hydrogens (tertiary/aromatic N) is 3. The Hall–Kier alpha value is -1.00. The Bertz CT molecular complexity index is 381. The van der Waals surface area contributed by atoms with Gasteiger partial charge in [0.05, 0.1) is 6.04 Å². The van der Waals surface area contributed by atoms with E-state index in [9.17, 15) is 0 Å². The largest absolute Gasteiger partial charge is 0.322 e. The van der Waals surface area contributed by atoms with Crippen LogP contribution in [0.4, 0.5) is 0 Å². The summed E-state index contributed by atoms with van der Waals surface area (Å²) in [5.74, 6) is 1.35. The lowest BCUT2D eigenvalue weighted by molar-refractivity contribution is 0.253. The van der Waals surface area contributed by atoms with Crippen LogP contribution >= 0.6 is 0 Å². The predicted molar refractivity (Wildman–Crippen MR) is 68.8 cm³/mol. The van der Waals surface area contributed by atoms with Crippen LogP contribution in [0, 0.1) is 6.92 Å². The van der Waals surface area contributed by atoms with Gasteiger partial charge in [0.1, 0.15) is 5.82 Å². The molecule has 0 bridgehead atoms. The van der Waals surface area contributed by atoms with E-state index in [-0.39, 0.29) is 6.04 Å². The zero-order valence-corrected chi connectivity index (χ0v) is 11.0. The monoisotopic (exact) mass is 234 g/mol. The minimum Gasteiger partial charge on any atom is -0.322 e. The van der Waals surface area contributed by atoms with Crippen LogP contribution in [0.2, 0.25) is 0 Å². The van der Waals surface area contributed by atoms with E-state index in [0.29, 0.717) is 5.92 Å². The molecule has 4 heteroatoms. The van der Waals surface area contributed by atoms with Crippen molar-refractivity contribution in [2.45, 2.75) is 38.6 Å². The van der Waals surface area contributed by atoms with Gasteiger partial charge in [-0.15, -0.1) is 0 Å². The van der Waals surface area contributed by atoms with Crippen molar-refractivity contribution in [1.82, 2.24) is 14.9 Å². The molecular weight excluding hydrogens is 212 g/mol. The summed E-state index contributed by atoms with van der Waals surface area (Å²) >= 11 is 0. The van der Waals surface area contributed by atoms with E-state index in [2.05, 4.69) is 28.0 Å². The second kappa shape index (κ2) is 5.10. The van der Waals surface area contributed by atoms with Gasteiger partial charge in [0.2, 0.25) is 0 Å². The molecule has 1 aromatic rings. The number of aryl methyl sites for hydroxylation is 1. The first kappa shape index (κ1) is 12.5. The standard InChI is InChI=1S/C13H22N4/c1-9-8-12(16-13(15-9)10(2)14)11-4-6-17(3)7-5-11/h8,10-11H,4-7,14H2,1-3H3. The molecule has 2 N–H and O–H groups in total. The van der Waals surface area contributed by atoms with Crippen molar-refractivity contribution in [3.8, 4) is 0 Å². The third kappa shape index (κ3) is 3.01. The Morgan fingerprint density at radius 1 is 1.35 bits per heavy atom. The van der Waals surface area contributed by atoms with Gasteiger partial charge in [0.15, 0.2) is 0 Å². The van der Waals surface area contributed by atoms with E-state index in [4.69, 9.17) is 5.73 Å². The number of rotatable bonds is 2. The predicted octanol–water partition coefficient (Wildman–Crippen LogP) is 1.61. The van der Waals surface area contributed by atoms with Crippen LogP contribution < -0.4 is 5.73 Å². The molecule has 4 nitrogen and oxygen atoms in total. The van der Waals surface area contributed by atoms with Gasteiger partial charge in [0.25, 0.3) is 0 Å². The van der Waals surface area contributed by atoms with Gasteiger partial charge in [-0.05, 0) is 52.9 Å². The highest BCUT2D eigenvalue weighted by Crippen LogP contribution is 2.26. The molecule has 0 radical (unpaired) electrons. The summed E-state index contributed by atoms with van der Waals surface area (Å²) in [7, 11) is 2.18. The van der Waals surface area contributed by atoms with Gasteiger partial charge >= 0.3 is 0 Å². The molecule has 2 rings (SSSR count). The van der Waals surface area contributed by atoms with Gasteiger partial charge in [-0.2, -0.15) is 0 Å². The molecule has 1 aromatic heterocycles. The molecule has 1 atom stereocenters. The lowest BCUT2D eigenvalue weighted by atomic mass is 9.93. The lowest BCUT2D eigenvalue weighted by Gasteiger charge is -2.28. The molecule has 17 heavy (non-hydrogen) atoms. The maximum atomic E-state index is 5.87. The molecule has 1 saturated heterocycles. The molecule has 1 aliphatic heterocycles. The highest BCUT2D eigenvalue weighted by Gasteiger charge is 2.20. The van der Waals surface area contributed by atoms with Gasteiger partial charge < -0.3 is 10.6 Å². The normalized spacial score (nSPS) is 20.5. The molecule has 1 fully saturated rings. The molecule has 1 unspecified atom stereocenters. The summed E-state index contributed by atoms with van der Waals surface area (Å²) in [5.41, 5.74) is 8.08. The Kier molecular flexibility index (Phi) is 3.74. The lowest BCUT2D eigenvalue weighted by Crippen LogP contribution is -2.29. The first-order valence-corrected chi connectivity index (χ1v) is 6.36. The first-order valence-electron chi connectivity index (χ1n) is 6.36. The maximum absolute atomic E-state index is 5.87. The summed E-state index contributed by atoms with van der Waals surface area (Å²) in [6.45, 7) is 6.27. The summed E-state index contributed by atoms with van der Waals surface area (Å²) in [6.07, 6.45) is 2.37. The van der Waals surface area contributed by atoms with E-state index in [1.807, 2.05) is 13.8 Å². The van der Waals surface area contributed by atoms with Crippen molar-refractivity contribution in [1.29, 1.82) is 0 Å². The maximum Gasteiger partial charge on any atom is 0.145 e. The van der Waals surface area contributed by atoms with Crippen LogP contribution in [-0.4, -0.2) is 35.0 Å².